The van der Waals surface area contributed by atoms with Gasteiger partial charge in [0.1, 0.15) is 0 Å². The van der Waals surface area contributed by atoms with Crippen LogP contribution in [0, 0.1) is 0 Å². The van der Waals surface area contributed by atoms with Crippen LogP contribution in [0.25, 0.3) is 0 Å². The minimum Gasteiger partial charge on any atom is -0.377 e. The van der Waals surface area contributed by atoms with E-state index in [1.54, 1.807) is 0 Å². The first-order valence-corrected chi connectivity index (χ1v) is 11.2. The monoisotopic (exact) mass is 527 g/mol. The van der Waals surface area contributed by atoms with Gasteiger partial charge in [0.15, 0.2) is 5.96 Å². The van der Waals surface area contributed by atoms with Gasteiger partial charge in [0.25, 0.3) is 0 Å². The zero-order valence-electron chi connectivity index (χ0n) is 17.1. The predicted octanol–water partition coefficient (Wildman–Crippen LogP) is 1.53. The van der Waals surface area contributed by atoms with Gasteiger partial charge in [-0.2, -0.15) is 0 Å². The highest BCUT2D eigenvalue weighted by atomic mass is 127. The number of aliphatic imine (C=N–C) groups is 1. The lowest BCUT2D eigenvalue weighted by Gasteiger charge is -2.23. The van der Waals surface area contributed by atoms with E-state index in [1.807, 2.05) is 38.2 Å². The van der Waals surface area contributed by atoms with Crippen molar-refractivity contribution in [2.45, 2.75) is 38.8 Å². The number of rotatable bonds is 9. The minimum absolute atomic E-state index is 0. The Hall–Kier alpha value is -0.850. The second kappa shape index (κ2) is 12.7. The number of nitrogens with one attached hydrogen (secondary N) is 2. The van der Waals surface area contributed by atoms with Crippen molar-refractivity contribution < 1.29 is 13.2 Å². The second-order valence-corrected chi connectivity index (χ2v) is 8.78. The van der Waals surface area contributed by atoms with Crippen molar-refractivity contribution in [3.8, 4) is 0 Å². The predicted molar refractivity (Wildman–Crippen MR) is 124 cm³/mol. The van der Waals surface area contributed by atoms with E-state index >= 15 is 0 Å². The van der Waals surface area contributed by atoms with E-state index in [0.29, 0.717) is 19.0 Å². The zero-order valence-corrected chi connectivity index (χ0v) is 20.2. The van der Waals surface area contributed by atoms with E-state index in [4.69, 9.17) is 4.74 Å². The Kier molecular flexibility index (Phi) is 11.4. The van der Waals surface area contributed by atoms with Gasteiger partial charge >= 0.3 is 0 Å². The number of nitrogens with zero attached hydrogens (tertiary/aromatic N) is 3. The SMILES string of the molecule is CCNC(=NCCS(=O)(=O)NCC1CCCCO1)N(C)Cc1cccn1C.I. The summed E-state index contributed by atoms with van der Waals surface area (Å²) in [4.78, 5) is 6.47. The van der Waals surface area contributed by atoms with Crippen LogP contribution in [0.15, 0.2) is 23.3 Å². The lowest BCUT2D eigenvalue weighted by molar-refractivity contribution is 0.0200. The second-order valence-electron chi connectivity index (χ2n) is 6.86. The van der Waals surface area contributed by atoms with E-state index in [9.17, 15) is 8.42 Å². The molecule has 1 aromatic rings. The molecule has 1 aliphatic heterocycles. The van der Waals surface area contributed by atoms with Crippen molar-refractivity contribution in [3.05, 3.63) is 24.0 Å². The summed E-state index contributed by atoms with van der Waals surface area (Å²) in [5.41, 5.74) is 1.16. The van der Waals surface area contributed by atoms with Crippen molar-refractivity contribution in [2.24, 2.45) is 12.0 Å². The number of guanidine groups is 1. The van der Waals surface area contributed by atoms with Gasteiger partial charge in [-0.15, -0.1) is 24.0 Å². The third-order valence-corrected chi connectivity index (χ3v) is 5.90. The van der Waals surface area contributed by atoms with E-state index in [0.717, 1.165) is 38.1 Å². The average Bonchev–Trinajstić information content (AvgIpc) is 3.05. The molecule has 1 aliphatic rings. The van der Waals surface area contributed by atoms with Gasteiger partial charge in [0.05, 0.1) is 24.9 Å². The molecular weight excluding hydrogens is 493 g/mol. The van der Waals surface area contributed by atoms with E-state index in [1.165, 1.54) is 0 Å². The summed E-state index contributed by atoms with van der Waals surface area (Å²) in [6, 6.07) is 4.06. The number of hydrogen-bond donors (Lipinski definition) is 2. The molecule has 28 heavy (non-hydrogen) atoms. The number of halogens is 1. The molecule has 2 heterocycles. The molecule has 1 atom stereocenters. The van der Waals surface area contributed by atoms with Crippen LogP contribution >= 0.6 is 24.0 Å². The maximum atomic E-state index is 12.2. The van der Waals surface area contributed by atoms with Crippen LogP contribution in [0.2, 0.25) is 0 Å². The van der Waals surface area contributed by atoms with Crippen LogP contribution in [0.4, 0.5) is 0 Å². The molecule has 0 bridgehead atoms. The fourth-order valence-corrected chi connectivity index (χ4v) is 3.90. The molecule has 0 aromatic carbocycles. The third kappa shape index (κ3) is 8.66. The van der Waals surface area contributed by atoms with Crippen LogP contribution in [0.5, 0.6) is 0 Å². The Bertz CT molecular complexity index is 702. The highest BCUT2D eigenvalue weighted by Crippen LogP contribution is 2.11. The minimum atomic E-state index is -3.36. The quantitative estimate of drug-likeness (QED) is 0.289. The zero-order chi connectivity index (χ0) is 19.7. The molecule has 2 rings (SSSR count). The molecule has 0 radical (unpaired) electrons. The summed E-state index contributed by atoms with van der Waals surface area (Å²) in [5, 5.41) is 3.22. The summed E-state index contributed by atoms with van der Waals surface area (Å²) in [7, 11) is 0.586. The van der Waals surface area contributed by atoms with Gasteiger partial charge in [-0.05, 0) is 38.3 Å². The van der Waals surface area contributed by atoms with E-state index < -0.39 is 10.0 Å². The first-order chi connectivity index (χ1) is 12.9. The molecule has 2 N–H and O–H groups in total. The average molecular weight is 527 g/mol. The summed E-state index contributed by atoms with van der Waals surface area (Å²) >= 11 is 0. The molecule has 1 aromatic heterocycles. The van der Waals surface area contributed by atoms with Crippen molar-refractivity contribution >= 4 is 40.0 Å². The van der Waals surface area contributed by atoms with E-state index in [-0.39, 0.29) is 42.4 Å². The van der Waals surface area contributed by atoms with E-state index in [2.05, 4.69) is 25.7 Å². The maximum Gasteiger partial charge on any atom is 0.213 e. The first-order valence-electron chi connectivity index (χ1n) is 9.60. The topological polar surface area (TPSA) is 88.0 Å². The Morgan fingerprint density at radius 1 is 1.43 bits per heavy atom. The molecule has 0 saturated carbocycles. The summed E-state index contributed by atoms with van der Waals surface area (Å²) < 4.78 is 34.7. The summed E-state index contributed by atoms with van der Waals surface area (Å²) in [6.45, 7) is 4.68. The molecular formula is C18H34IN5O3S. The van der Waals surface area contributed by atoms with Gasteiger partial charge in [-0.1, -0.05) is 0 Å². The van der Waals surface area contributed by atoms with Gasteiger partial charge in [0.2, 0.25) is 10.0 Å². The Balaban J connectivity index is 0.00000392. The standard InChI is InChI=1S/C18H33N5O3S.HI/c1-4-19-18(23(3)15-16-8-7-11-22(16)2)20-10-13-27(24,25)21-14-17-9-5-6-12-26-17;/h7-8,11,17,21H,4-6,9-10,12-15H2,1-3H3,(H,19,20);1H. The van der Waals surface area contributed by atoms with Crippen LogP contribution in [0.3, 0.4) is 0 Å². The molecule has 1 unspecified atom stereocenters. The molecule has 0 spiro atoms. The Labute approximate surface area is 186 Å². The van der Waals surface area contributed by atoms with Crippen LogP contribution in [0.1, 0.15) is 31.9 Å². The maximum absolute atomic E-state index is 12.2. The molecule has 1 fully saturated rings. The van der Waals surface area contributed by atoms with Gasteiger partial charge in [-0.25, -0.2) is 13.1 Å². The fourth-order valence-electron chi connectivity index (χ4n) is 2.98. The largest absolute Gasteiger partial charge is 0.377 e. The van der Waals surface area contributed by atoms with Crippen molar-refractivity contribution in [2.75, 3.05) is 39.0 Å². The van der Waals surface area contributed by atoms with Gasteiger partial charge in [-0.3, -0.25) is 4.99 Å². The molecule has 162 valence electrons. The van der Waals surface area contributed by atoms with Gasteiger partial charge < -0.3 is 19.5 Å². The Morgan fingerprint density at radius 3 is 2.82 bits per heavy atom. The molecule has 1 saturated heterocycles. The van der Waals surface area contributed by atoms with Crippen molar-refractivity contribution in [3.63, 3.8) is 0 Å². The highest BCUT2D eigenvalue weighted by molar-refractivity contribution is 14.0. The fraction of sp³-hybridized carbons (Fsp3) is 0.722. The normalized spacial score (nSPS) is 17.8. The van der Waals surface area contributed by atoms with Crippen molar-refractivity contribution in [1.29, 1.82) is 0 Å². The van der Waals surface area contributed by atoms with Gasteiger partial charge in [0, 0.05) is 45.7 Å². The number of ether oxygens (including phenoxy) is 1. The summed E-state index contributed by atoms with van der Waals surface area (Å²) in [6.07, 6.45) is 5.06. The van der Waals surface area contributed by atoms with Crippen LogP contribution in [-0.4, -0.2) is 69.0 Å². The molecule has 10 heteroatoms. The number of aromatic nitrogens is 1. The smallest absolute Gasteiger partial charge is 0.213 e. The first kappa shape index (κ1) is 25.2. The number of sulfonamides is 1. The molecule has 8 nitrogen and oxygen atoms in total. The van der Waals surface area contributed by atoms with Crippen LogP contribution in [-0.2, 0) is 28.4 Å². The van der Waals surface area contributed by atoms with Crippen LogP contribution < -0.4 is 10.0 Å². The highest BCUT2D eigenvalue weighted by Gasteiger charge is 2.17. The van der Waals surface area contributed by atoms with Crippen molar-refractivity contribution in [1.82, 2.24) is 19.5 Å². The Morgan fingerprint density at radius 2 is 2.21 bits per heavy atom. The molecule has 0 amide bonds. The third-order valence-electron chi connectivity index (χ3n) is 4.57. The molecule has 0 aliphatic carbocycles. The number of aryl methyl sites for hydroxylation is 1. The lowest BCUT2D eigenvalue weighted by Crippen LogP contribution is -2.40. The summed E-state index contributed by atoms with van der Waals surface area (Å²) in [5.74, 6) is 0.664. The lowest BCUT2D eigenvalue weighted by atomic mass is 10.1. The number of hydrogen-bond acceptors (Lipinski definition) is 4.